The van der Waals surface area contributed by atoms with Gasteiger partial charge in [-0.25, -0.2) is 9.48 Å². The average molecular weight is 436 g/mol. The molecule has 4 heterocycles. The van der Waals surface area contributed by atoms with Crippen LogP contribution >= 0.6 is 11.8 Å². The van der Waals surface area contributed by atoms with E-state index in [4.69, 9.17) is 18.6 Å². The zero-order valence-electron chi connectivity index (χ0n) is 16.5. The molecule has 0 spiro atoms. The van der Waals surface area contributed by atoms with Crippen LogP contribution in [0, 0.1) is 0 Å². The van der Waals surface area contributed by atoms with Crippen LogP contribution < -0.4 is 5.32 Å². The number of carbonyl (C=O) groups is 1. The molecule has 162 valence electrons. The normalized spacial score (nSPS) is 29.1. The lowest BCUT2D eigenvalue weighted by Gasteiger charge is -2.24. The Morgan fingerprint density at radius 1 is 1.23 bits per heavy atom. The first-order chi connectivity index (χ1) is 14.8. The number of alkyl carbamates (subject to hydrolysis) is 1. The smallest absolute Gasteiger partial charge is 0.407 e. The van der Waals surface area contributed by atoms with E-state index < -0.39 is 6.10 Å². The van der Waals surface area contributed by atoms with Crippen molar-refractivity contribution >= 4 is 17.9 Å². The highest BCUT2D eigenvalue weighted by Crippen LogP contribution is 2.37. The van der Waals surface area contributed by atoms with Crippen molar-refractivity contribution in [2.75, 3.05) is 13.2 Å². The standard InChI is InChI=1S/C19H25N5O5S/c25-19(20-12-5-2-1-3-6-12)29-15-10-28-16-14(9-27-17(15)16)24-18(21-22-23-24)30-11-13-7-4-8-26-13/h4,7-8,12,14-17H,1-3,5-6,9-11H2,(H,20,25)/t14-,15+,16+,17+/m0/s1. The summed E-state index contributed by atoms with van der Waals surface area (Å²) in [7, 11) is 0. The molecule has 2 aliphatic heterocycles. The molecule has 0 radical (unpaired) electrons. The molecule has 2 saturated heterocycles. The predicted octanol–water partition coefficient (Wildman–Crippen LogP) is 2.32. The predicted molar refractivity (Wildman–Crippen MR) is 105 cm³/mol. The SMILES string of the molecule is O=C(NC1CCCCC1)O[C@@H]1CO[C@H]2[C@@H]1OC[C@@H]2n1nnnc1SCc1ccco1. The fourth-order valence-corrected chi connectivity index (χ4v) is 5.19. The van der Waals surface area contributed by atoms with E-state index in [-0.39, 0.29) is 30.4 Å². The molecule has 10 nitrogen and oxygen atoms in total. The van der Waals surface area contributed by atoms with Crippen molar-refractivity contribution in [3.63, 3.8) is 0 Å². The van der Waals surface area contributed by atoms with Gasteiger partial charge in [0.1, 0.15) is 24.0 Å². The van der Waals surface area contributed by atoms with E-state index in [1.165, 1.54) is 18.2 Å². The second-order valence-corrected chi connectivity index (χ2v) is 8.80. The monoisotopic (exact) mass is 435 g/mol. The number of fused-ring (bicyclic) bond motifs is 1. The number of furan rings is 1. The molecule has 0 unspecified atom stereocenters. The summed E-state index contributed by atoms with van der Waals surface area (Å²) in [6, 6.07) is 3.80. The molecule has 1 N–H and O–H groups in total. The van der Waals surface area contributed by atoms with E-state index in [9.17, 15) is 4.79 Å². The molecule has 3 fully saturated rings. The highest BCUT2D eigenvalue weighted by atomic mass is 32.2. The lowest BCUT2D eigenvalue weighted by atomic mass is 9.96. The lowest BCUT2D eigenvalue weighted by molar-refractivity contribution is 0.00152. The van der Waals surface area contributed by atoms with Gasteiger partial charge in [0.15, 0.2) is 6.10 Å². The van der Waals surface area contributed by atoms with Gasteiger partial charge >= 0.3 is 6.09 Å². The van der Waals surface area contributed by atoms with Crippen LogP contribution in [-0.4, -0.2) is 63.9 Å². The van der Waals surface area contributed by atoms with Gasteiger partial charge in [0, 0.05) is 6.04 Å². The fraction of sp³-hybridized carbons (Fsp3) is 0.684. The first kappa shape index (κ1) is 19.8. The van der Waals surface area contributed by atoms with E-state index in [1.54, 1.807) is 10.9 Å². The summed E-state index contributed by atoms with van der Waals surface area (Å²) in [5, 5.41) is 15.7. The highest BCUT2D eigenvalue weighted by molar-refractivity contribution is 7.98. The lowest BCUT2D eigenvalue weighted by Crippen LogP contribution is -2.41. The number of rotatable bonds is 6. The first-order valence-electron chi connectivity index (χ1n) is 10.4. The molecule has 0 aromatic carbocycles. The topological polar surface area (TPSA) is 114 Å². The van der Waals surface area contributed by atoms with Gasteiger partial charge in [-0.05, 0) is 35.4 Å². The van der Waals surface area contributed by atoms with Crippen molar-refractivity contribution in [3.8, 4) is 0 Å². The van der Waals surface area contributed by atoms with Crippen LogP contribution in [-0.2, 0) is 20.0 Å². The van der Waals surface area contributed by atoms with E-state index >= 15 is 0 Å². The maximum absolute atomic E-state index is 12.3. The summed E-state index contributed by atoms with van der Waals surface area (Å²) >= 11 is 1.49. The number of nitrogens with zero attached hydrogens (tertiary/aromatic N) is 4. The third-order valence-electron chi connectivity index (χ3n) is 5.87. The second kappa shape index (κ2) is 8.94. The number of hydrogen-bond donors (Lipinski definition) is 1. The van der Waals surface area contributed by atoms with Crippen molar-refractivity contribution in [2.24, 2.45) is 0 Å². The van der Waals surface area contributed by atoms with Crippen molar-refractivity contribution in [1.29, 1.82) is 0 Å². The molecule has 3 aliphatic rings. The highest BCUT2D eigenvalue weighted by Gasteiger charge is 2.51. The van der Waals surface area contributed by atoms with Crippen molar-refractivity contribution < 1.29 is 23.4 Å². The van der Waals surface area contributed by atoms with Crippen LogP contribution in [0.25, 0.3) is 0 Å². The van der Waals surface area contributed by atoms with Crippen LogP contribution in [0.2, 0.25) is 0 Å². The van der Waals surface area contributed by atoms with E-state index in [2.05, 4.69) is 20.8 Å². The molecule has 2 aromatic rings. The number of tetrazole rings is 1. The first-order valence-corrected chi connectivity index (χ1v) is 11.4. The Bertz CT molecular complexity index is 840. The molecule has 1 saturated carbocycles. The number of aromatic nitrogens is 4. The minimum atomic E-state index is -0.431. The van der Waals surface area contributed by atoms with Gasteiger partial charge in [-0.3, -0.25) is 0 Å². The molecular formula is C19H25N5O5S. The summed E-state index contributed by atoms with van der Waals surface area (Å²) in [4.78, 5) is 12.3. The Morgan fingerprint density at radius 2 is 2.10 bits per heavy atom. The number of hydrogen-bond acceptors (Lipinski definition) is 9. The molecule has 30 heavy (non-hydrogen) atoms. The Hall–Kier alpha value is -2.11. The minimum Gasteiger partial charge on any atom is -0.468 e. The number of carbonyl (C=O) groups excluding carboxylic acids is 1. The molecule has 5 rings (SSSR count). The summed E-state index contributed by atoms with van der Waals surface area (Å²) in [5.41, 5.74) is 0. The Kier molecular flexibility index (Phi) is 5.91. The molecule has 11 heteroatoms. The van der Waals surface area contributed by atoms with Crippen LogP contribution in [0.4, 0.5) is 4.79 Å². The molecule has 4 atom stereocenters. The van der Waals surface area contributed by atoms with Crippen molar-refractivity contribution in [3.05, 3.63) is 24.2 Å². The Morgan fingerprint density at radius 3 is 2.93 bits per heavy atom. The number of ether oxygens (including phenoxy) is 3. The fourth-order valence-electron chi connectivity index (χ4n) is 4.36. The minimum absolute atomic E-state index is 0.167. The maximum atomic E-state index is 12.3. The van der Waals surface area contributed by atoms with Gasteiger partial charge in [-0.15, -0.1) is 5.10 Å². The number of thioether (sulfide) groups is 1. The maximum Gasteiger partial charge on any atom is 0.407 e. The van der Waals surface area contributed by atoms with Crippen LogP contribution in [0.3, 0.4) is 0 Å². The summed E-state index contributed by atoms with van der Waals surface area (Å²) in [5.74, 6) is 1.48. The third-order valence-corrected chi connectivity index (χ3v) is 6.82. The van der Waals surface area contributed by atoms with Gasteiger partial charge in [0.2, 0.25) is 5.16 Å². The second-order valence-electron chi connectivity index (χ2n) is 7.86. The molecule has 1 aliphatic carbocycles. The number of nitrogens with one attached hydrogen (secondary N) is 1. The quantitative estimate of drug-likeness (QED) is 0.683. The summed E-state index contributed by atoms with van der Waals surface area (Å²) < 4.78 is 24.6. The molecular weight excluding hydrogens is 410 g/mol. The summed E-state index contributed by atoms with van der Waals surface area (Å²) in [6.45, 7) is 0.708. The van der Waals surface area contributed by atoms with E-state index in [0.717, 1.165) is 31.4 Å². The zero-order chi connectivity index (χ0) is 20.3. The van der Waals surface area contributed by atoms with Gasteiger partial charge in [0.25, 0.3) is 0 Å². The average Bonchev–Trinajstić information content (AvgIpc) is 3.53. The molecule has 0 bridgehead atoms. The van der Waals surface area contributed by atoms with E-state index in [1.807, 2.05) is 12.1 Å². The van der Waals surface area contributed by atoms with Gasteiger partial charge in [-0.1, -0.05) is 31.0 Å². The van der Waals surface area contributed by atoms with Gasteiger partial charge in [0.05, 0.1) is 25.2 Å². The molecule has 1 amide bonds. The van der Waals surface area contributed by atoms with E-state index in [0.29, 0.717) is 24.1 Å². The number of amides is 1. The van der Waals surface area contributed by atoms with Crippen molar-refractivity contribution in [1.82, 2.24) is 25.5 Å². The van der Waals surface area contributed by atoms with Crippen LogP contribution in [0.5, 0.6) is 0 Å². The van der Waals surface area contributed by atoms with Crippen molar-refractivity contribution in [2.45, 2.75) is 73.4 Å². The van der Waals surface area contributed by atoms with Crippen LogP contribution in [0.1, 0.15) is 43.9 Å². The third kappa shape index (κ3) is 4.19. The Labute approximate surface area is 178 Å². The van der Waals surface area contributed by atoms with Gasteiger partial charge in [-0.2, -0.15) is 0 Å². The molecule has 2 aromatic heterocycles. The largest absolute Gasteiger partial charge is 0.468 e. The van der Waals surface area contributed by atoms with Gasteiger partial charge < -0.3 is 23.9 Å². The van der Waals surface area contributed by atoms with Crippen LogP contribution in [0.15, 0.2) is 28.0 Å². The summed E-state index contributed by atoms with van der Waals surface area (Å²) in [6.07, 6.45) is 5.81. The zero-order valence-corrected chi connectivity index (χ0v) is 17.3. The Balaban J connectivity index is 1.18.